The topological polar surface area (TPSA) is 63.3 Å². The SMILES string of the molecule is Nc1cn2ccc(=O)cc2[nH]1. The summed E-state index contributed by atoms with van der Waals surface area (Å²) in [6.45, 7) is 0. The third-order valence-electron chi connectivity index (χ3n) is 1.51. The predicted octanol–water partition coefficient (Wildman–Crippen LogP) is 0.210. The number of imidazole rings is 1. The molecule has 0 saturated carbocycles. The molecule has 2 heterocycles. The molecule has 0 aliphatic carbocycles. The molecule has 11 heavy (non-hydrogen) atoms. The number of anilines is 1. The van der Waals surface area contributed by atoms with E-state index in [4.69, 9.17) is 5.73 Å². The summed E-state index contributed by atoms with van der Waals surface area (Å²) in [5, 5.41) is 0. The van der Waals surface area contributed by atoms with Crippen molar-refractivity contribution in [1.29, 1.82) is 0 Å². The summed E-state index contributed by atoms with van der Waals surface area (Å²) >= 11 is 0. The van der Waals surface area contributed by atoms with Crippen molar-refractivity contribution in [2.45, 2.75) is 0 Å². The summed E-state index contributed by atoms with van der Waals surface area (Å²) in [6.07, 6.45) is 3.39. The lowest BCUT2D eigenvalue weighted by atomic mass is 10.5. The molecule has 2 aromatic rings. The first-order chi connectivity index (χ1) is 5.25. The van der Waals surface area contributed by atoms with Crippen molar-refractivity contribution in [3.63, 3.8) is 0 Å². The average Bonchev–Trinajstić information content (AvgIpc) is 2.27. The zero-order valence-corrected chi connectivity index (χ0v) is 5.74. The van der Waals surface area contributed by atoms with Crippen LogP contribution in [0.1, 0.15) is 0 Å². The van der Waals surface area contributed by atoms with E-state index < -0.39 is 0 Å². The molecule has 0 atom stereocenters. The number of hydrogen-bond acceptors (Lipinski definition) is 2. The summed E-state index contributed by atoms with van der Waals surface area (Å²) in [5.74, 6) is 0.551. The monoisotopic (exact) mass is 149 g/mol. The van der Waals surface area contributed by atoms with Gasteiger partial charge >= 0.3 is 0 Å². The summed E-state index contributed by atoms with van der Waals surface area (Å²) in [6, 6.07) is 2.98. The Kier molecular flexibility index (Phi) is 1.03. The number of nitrogen functional groups attached to an aromatic ring is 1. The quantitative estimate of drug-likeness (QED) is 0.562. The van der Waals surface area contributed by atoms with Crippen LogP contribution < -0.4 is 11.2 Å². The minimum absolute atomic E-state index is 0.0214. The normalized spacial score (nSPS) is 10.5. The fourth-order valence-electron chi connectivity index (χ4n) is 1.03. The molecule has 0 radical (unpaired) electrons. The number of nitrogens with zero attached hydrogens (tertiary/aromatic N) is 1. The van der Waals surface area contributed by atoms with Gasteiger partial charge in [0.1, 0.15) is 11.5 Å². The van der Waals surface area contributed by atoms with Gasteiger partial charge in [0, 0.05) is 18.3 Å². The number of fused-ring (bicyclic) bond motifs is 1. The van der Waals surface area contributed by atoms with Crippen LogP contribution in [0.15, 0.2) is 29.3 Å². The Morgan fingerprint density at radius 1 is 1.55 bits per heavy atom. The molecule has 0 fully saturated rings. The van der Waals surface area contributed by atoms with Crippen molar-refractivity contribution in [3.05, 3.63) is 34.7 Å². The molecule has 4 heteroatoms. The molecule has 0 aromatic carbocycles. The van der Waals surface area contributed by atoms with E-state index in [1.807, 2.05) is 0 Å². The molecular formula is C7H7N3O. The van der Waals surface area contributed by atoms with E-state index in [2.05, 4.69) is 4.98 Å². The first-order valence-electron chi connectivity index (χ1n) is 3.22. The largest absolute Gasteiger partial charge is 0.384 e. The highest BCUT2D eigenvalue weighted by Crippen LogP contribution is 2.01. The average molecular weight is 149 g/mol. The fourth-order valence-corrected chi connectivity index (χ4v) is 1.03. The van der Waals surface area contributed by atoms with Crippen LogP contribution >= 0.6 is 0 Å². The van der Waals surface area contributed by atoms with Gasteiger partial charge in [0.15, 0.2) is 5.43 Å². The van der Waals surface area contributed by atoms with Gasteiger partial charge in [-0.05, 0) is 0 Å². The first-order valence-corrected chi connectivity index (χ1v) is 3.22. The van der Waals surface area contributed by atoms with Crippen LogP contribution in [-0.2, 0) is 0 Å². The number of nitrogens with one attached hydrogen (secondary N) is 1. The molecule has 0 aliphatic rings. The Labute approximate surface area is 62.3 Å². The zero-order chi connectivity index (χ0) is 7.84. The van der Waals surface area contributed by atoms with E-state index >= 15 is 0 Å². The van der Waals surface area contributed by atoms with Gasteiger partial charge < -0.3 is 15.1 Å². The van der Waals surface area contributed by atoms with Crippen LogP contribution in [0.2, 0.25) is 0 Å². The van der Waals surface area contributed by atoms with Crippen molar-refractivity contribution in [1.82, 2.24) is 9.38 Å². The maximum atomic E-state index is 10.8. The summed E-state index contributed by atoms with van der Waals surface area (Å²) < 4.78 is 1.76. The number of hydrogen-bond donors (Lipinski definition) is 2. The van der Waals surface area contributed by atoms with Gasteiger partial charge in [-0.25, -0.2) is 0 Å². The van der Waals surface area contributed by atoms with Crippen LogP contribution in [0.25, 0.3) is 5.65 Å². The Hall–Kier alpha value is -1.71. The van der Waals surface area contributed by atoms with Crippen LogP contribution in [0.3, 0.4) is 0 Å². The second kappa shape index (κ2) is 1.88. The molecule has 4 nitrogen and oxygen atoms in total. The number of nitrogens with two attached hydrogens (primary N) is 1. The lowest BCUT2D eigenvalue weighted by molar-refractivity contribution is 1.18. The highest BCUT2D eigenvalue weighted by Gasteiger charge is 1.94. The zero-order valence-electron chi connectivity index (χ0n) is 5.74. The van der Waals surface area contributed by atoms with Crippen molar-refractivity contribution in [2.24, 2.45) is 0 Å². The molecule has 0 unspecified atom stereocenters. The maximum absolute atomic E-state index is 10.8. The van der Waals surface area contributed by atoms with Gasteiger partial charge in [-0.3, -0.25) is 4.79 Å². The minimum Gasteiger partial charge on any atom is -0.384 e. The number of aromatic nitrogens is 2. The number of pyridine rings is 1. The van der Waals surface area contributed by atoms with E-state index in [1.54, 1.807) is 16.8 Å². The van der Waals surface area contributed by atoms with Crippen molar-refractivity contribution < 1.29 is 0 Å². The second-order valence-corrected chi connectivity index (χ2v) is 2.36. The molecular weight excluding hydrogens is 142 g/mol. The molecule has 2 aromatic heterocycles. The van der Waals surface area contributed by atoms with Crippen molar-refractivity contribution in [3.8, 4) is 0 Å². The Balaban J connectivity index is 2.92. The van der Waals surface area contributed by atoms with Crippen LogP contribution in [0.5, 0.6) is 0 Å². The van der Waals surface area contributed by atoms with Gasteiger partial charge in [-0.2, -0.15) is 0 Å². The smallest absolute Gasteiger partial charge is 0.183 e. The molecule has 0 amide bonds. The summed E-state index contributed by atoms with van der Waals surface area (Å²) in [5.41, 5.74) is 6.16. The molecule has 56 valence electrons. The number of rotatable bonds is 0. The maximum Gasteiger partial charge on any atom is 0.183 e. The van der Waals surface area contributed by atoms with Gasteiger partial charge in [0.2, 0.25) is 0 Å². The second-order valence-electron chi connectivity index (χ2n) is 2.36. The standard InChI is InChI=1S/C7H7N3O/c8-6-4-10-2-1-5(11)3-7(10)9-6/h1-4,9H,8H2. The van der Waals surface area contributed by atoms with Crippen LogP contribution in [0.4, 0.5) is 5.82 Å². The molecule has 3 N–H and O–H groups in total. The van der Waals surface area contributed by atoms with E-state index in [1.165, 1.54) is 12.1 Å². The summed E-state index contributed by atoms with van der Waals surface area (Å²) in [4.78, 5) is 13.7. The van der Waals surface area contributed by atoms with Gasteiger partial charge in [0.25, 0.3) is 0 Å². The van der Waals surface area contributed by atoms with Gasteiger partial charge in [-0.15, -0.1) is 0 Å². The highest BCUT2D eigenvalue weighted by atomic mass is 16.1. The van der Waals surface area contributed by atoms with E-state index in [9.17, 15) is 4.79 Å². The van der Waals surface area contributed by atoms with E-state index in [0.29, 0.717) is 5.82 Å². The predicted molar refractivity (Wildman–Crippen MR) is 42.4 cm³/mol. The third kappa shape index (κ3) is 0.881. The van der Waals surface area contributed by atoms with E-state index in [0.717, 1.165) is 5.65 Å². The molecule has 0 bridgehead atoms. The molecule has 2 rings (SSSR count). The lowest BCUT2D eigenvalue weighted by Crippen LogP contribution is -1.97. The van der Waals surface area contributed by atoms with Crippen molar-refractivity contribution in [2.75, 3.05) is 5.73 Å². The number of H-pyrrole nitrogens is 1. The van der Waals surface area contributed by atoms with Gasteiger partial charge in [0.05, 0.1) is 6.20 Å². The number of aromatic amines is 1. The lowest BCUT2D eigenvalue weighted by Gasteiger charge is -1.87. The van der Waals surface area contributed by atoms with Crippen molar-refractivity contribution >= 4 is 11.5 Å². The highest BCUT2D eigenvalue weighted by molar-refractivity contribution is 5.45. The molecule has 0 saturated heterocycles. The minimum atomic E-state index is -0.0214. The molecule has 0 spiro atoms. The van der Waals surface area contributed by atoms with Gasteiger partial charge in [-0.1, -0.05) is 0 Å². The Bertz CT molecular complexity index is 440. The first kappa shape index (κ1) is 6.03. The third-order valence-corrected chi connectivity index (χ3v) is 1.51. The summed E-state index contributed by atoms with van der Waals surface area (Å²) in [7, 11) is 0. The Morgan fingerprint density at radius 3 is 3.18 bits per heavy atom. The molecule has 0 aliphatic heterocycles. The van der Waals surface area contributed by atoms with Crippen LogP contribution in [-0.4, -0.2) is 9.38 Å². The van der Waals surface area contributed by atoms with E-state index in [-0.39, 0.29) is 5.43 Å². The fraction of sp³-hybridized carbons (Fsp3) is 0. The Morgan fingerprint density at radius 2 is 2.36 bits per heavy atom. The van der Waals surface area contributed by atoms with Crippen LogP contribution in [0, 0.1) is 0 Å².